The van der Waals surface area contributed by atoms with E-state index >= 15 is 0 Å². The van der Waals surface area contributed by atoms with Crippen LogP contribution in [0.3, 0.4) is 0 Å². The Labute approximate surface area is 109 Å². The van der Waals surface area contributed by atoms with Gasteiger partial charge in [0.25, 0.3) is 0 Å². The molecule has 0 heterocycles. The van der Waals surface area contributed by atoms with Crippen molar-refractivity contribution >= 4 is 24.2 Å². The molecule has 1 atom stereocenters. The van der Waals surface area contributed by atoms with Crippen LogP contribution in [0.4, 0.5) is 0 Å². The van der Waals surface area contributed by atoms with E-state index in [0.29, 0.717) is 0 Å². The highest BCUT2D eigenvalue weighted by Crippen LogP contribution is 2.32. The van der Waals surface area contributed by atoms with Gasteiger partial charge in [-0.05, 0) is 45.3 Å². The maximum absolute atomic E-state index is 6.12. The number of hydrogen-bond donors (Lipinski definition) is 0. The van der Waals surface area contributed by atoms with Gasteiger partial charge in [-0.25, -0.2) is 0 Å². The maximum Gasteiger partial charge on any atom is 0.185 e. The van der Waals surface area contributed by atoms with Gasteiger partial charge in [-0.1, -0.05) is 34.0 Å². The lowest BCUT2D eigenvalue weighted by Crippen LogP contribution is -2.31. The van der Waals surface area contributed by atoms with Crippen LogP contribution >= 0.6 is 15.9 Å². The monoisotopic (exact) mass is 302 g/mol. The maximum atomic E-state index is 6.12. The Kier molecular flexibility index (Phi) is 5.48. The quantitative estimate of drug-likeness (QED) is 0.524. The number of allylic oxidation sites excluding steroid dienone is 1. The predicted molar refractivity (Wildman–Crippen MR) is 77.5 cm³/mol. The van der Waals surface area contributed by atoms with Crippen molar-refractivity contribution < 1.29 is 4.43 Å². The van der Waals surface area contributed by atoms with Crippen LogP contribution in [-0.4, -0.2) is 14.4 Å². The van der Waals surface area contributed by atoms with Gasteiger partial charge in [-0.3, -0.25) is 0 Å². The normalized spacial score (nSPS) is 19.4. The van der Waals surface area contributed by atoms with E-state index < -0.39 is 8.32 Å². The molecule has 1 nitrogen and oxygen atoms in total. The number of hydrogen-bond acceptors (Lipinski definition) is 1. The minimum Gasteiger partial charge on any atom is -0.407 e. The highest BCUT2D eigenvalue weighted by Gasteiger charge is 2.23. The van der Waals surface area contributed by atoms with E-state index in [1.165, 1.54) is 42.2 Å². The van der Waals surface area contributed by atoms with E-state index in [1.807, 2.05) is 6.08 Å². The molecule has 1 rings (SSSR count). The minimum atomic E-state index is -1.50. The predicted octanol–water partition coefficient (Wildman–Crippen LogP) is 5.01. The van der Waals surface area contributed by atoms with Gasteiger partial charge in [0.15, 0.2) is 8.32 Å². The summed E-state index contributed by atoms with van der Waals surface area (Å²) in [6, 6.07) is 0. The molecule has 1 fully saturated rings. The second-order valence-electron chi connectivity index (χ2n) is 5.40. The van der Waals surface area contributed by atoms with Crippen LogP contribution in [0, 0.1) is 0 Å². The lowest BCUT2D eigenvalue weighted by molar-refractivity contribution is 0.285. The first-order valence-electron chi connectivity index (χ1n) is 6.12. The highest BCUT2D eigenvalue weighted by molar-refractivity contribution is 9.11. The molecule has 0 bridgehead atoms. The van der Waals surface area contributed by atoms with Crippen molar-refractivity contribution in [3.63, 3.8) is 0 Å². The van der Waals surface area contributed by atoms with Crippen LogP contribution in [0.1, 0.15) is 32.1 Å². The van der Waals surface area contributed by atoms with Crippen molar-refractivity contribution in [1.29, 1.82) is 0 Å². The van der Waals surface area contributed by atoms with Crippen LogP contribution in [0.25, 0.3) is 0 Å². The van der Waals surface area contributed by atoms with Gasteiger partial charge in [0.1, 0.15) is 0 Å². The zero-order valence-corrected chi connectivity index (χ0v) is 13.3. The molecular weight excluding hydrogens is 280 g/mol. The molecule has 0 radical (unpaired) electrons. The van der Waals surface area contributed by atoms with Crippen molar-refractivity contribution in [2.75, 3.05) is 0 Å². The summed E-state index contributed by atoms with van der Waals surface area (Å²) in [5.74, 6) is 0. The molecule has 1 saturated carbocycles. The first kappa shape index (κ1) is 14.2. The third kappa shape index (κ3) is 4.56. The Balaban J connectivity index is 2.74. The summed E-state index contributed by atoms with van der Waals surface area (Å²) in [7, 11) is -1.50. The zero-order valence-electron chi connectivity index (χ0n) is 10.7. The fourth-order valence-corrected chi connectivity index (χ4v) is 3.83. The number of halogens is 1. The van der Waals surface area contributed by atoms with E-state index in [0.717, 1.165) is 0 Å². The fraction of sp³-hybridized carbons (Fsp3) is 0.692. The molecule has 3 heteroatoms. The lowest BCUT2D eigenvalue weighted by Gasteiger charge is -2.26. The van der Waals surface area contributed by atoms with Gasteiger partial charge in [0.05, 0.1) is 6.10 Å². The van der Waals surface area contributed by atoms with Crippen LogP contribution in [0.15, 0.2) is 22.7 Å². The molecule has 92 valence electrons. The average Bonchev–Trinajstić information content (AvgIpc) is 2.25. The van der Waals surface area contributed by atoms with Gasteiger partial charge >= 0.3 is 0 Å². The summed E-state index contributed by atoms with van der Waals surface area (Å²) in [4.78, 5) is 0. The summed E-state index contributed by atoms with van der Waals surface area (Å²) in [5.41, 5.74) is 1.54. The zero-order chi connectivity index (χ0) is 12.2. The van der Waals surface area contributed by atoms with Crippen molar-refractivity contribution in [3.8, 4) is 0 Å². The molecule has 1 aliphatic rings. The fourth-order valence-electron chi connectivity index (χ4n) is 2.00. The van der Waals surface area contributed by atoms with Crippen molar-refractivity contribution in [2.45, 2.75) is 57.8 Å². The highest BCUT2D eigenvalue weighted by atomic mass is 79.9. The Bertz CT molecular complexity index is 270. The molecule has 0 saturated heterocycles. The molecular formula is C13H23BrOSi. The summed E-state index contributed by atoms with van der Waals surface area (Å²) >= 11 is 3.72. The Morgan fingerprint density at radius 3 is 2.31 bits per heavy atom. The first-order valence-corrected chi connectivity index (χ1v) is 10.3. The van der Waals surface area contributed by atoms with Gasteiger partial charge in [-0.15, -0.1) is 6.58 Å². The Morgan fingerprint density at radius 2 is 1.88 bits per heavy atom. The van der Waals surface area contributed by atoms with Gasteiger partial charge in [0.2, 0.25) is 0 Å². The molecule has 0 aromatic rings. The first-order chi connectivity index (χ1) is 7.44. The lowest BCUT2D eigenvalue weighted by atomic mass is 9.94. The molecule has 16 heavy (non-hydrogen) atoms. The minimum absolute atomic E-state index is 0.0692. The average molecular weight is 303 g/mol. The standard InChI is InChI=1S/C13H23BrOSi/c1-5-12(15-16(2,3)4)13(14)11-9-7-6-8-10-11/h5,12H,1,6-10H2,2-4H3. The molecule has 0 aromatic carbocycles. The second-order valence-corrected chi connectivity index (χ2v) is 10.7. The van der Waals surface area contributed by atoms with Crippen molar-refractivity contribution in [3.05, 3.63) is 22.7 Å². The molecule has 0 N–H and O–H groups in total. The molecule has 0 aliphatic heterocycles. The smallest absolute Gasteiger partial charge is 0.185 e. The SMILES string of the molecule is C=CC(O[Si](C)(C)C)C(Br)=C1CCCCC1. The summed E-state index contributed by atoms with van der Waals surface area (Å²) in [6.07, 6.45) is 8.45. The van der Waals surface area contributed by atoms with E-state index in [1.54, 1.807) is 0 Å². The molecule has 0 aromatic heterocycles. The van der Waals surface area contributed by atoms with E-state index in [9.17, 15) is 0 Å². The van der Waals surface area contributed by atoms with Crippen LogP contribution in [-0.2, 0) is 4.43 Å². The van der Waals surface area contributed by atoms with Crippen molar-refractivity contribution in [2.24, 2.45) is 0 Å². The molecule has 1 unspecified atom stereocenters. The summed E-state index contributed by atoms with van der Waals surface area (Å²) in [5, 5.41) is 0. The van der Waals surface area contributed by atoms with Crippen LogP contribution in [0.2, 0.25) is 19.6 Å². The Morgan fingerprint density at radius 1 is 1.31 bits per heavy atom. The summed E-state index contributed by atoms with van der Waals surface area (Å²) in [6.45, 7) is 10.5. The Hall–Kier alpha value is 0.137. The largest absolute Gasteiger partial charge is 0.407 e. The van der Waals surface area contributed by atoms with Crippen LogP contribution in [0.5, 0.6) is 0 Å². The second kappa shape index (κ2) is 6.17. The van der Waals surface area contributed by atoms with Gasteiger partial charge < -0.3 is 4.43 Å². The van der Waals surface area contributed by atoms with Crippen LogP contribution < -0.4 is 0 Å². The van der Waals surface area contributed by atoms with Crippen molar-refractivity contribution in [1.82, 2.24) is 0 Å². The molecule has 0 amide bonds. The van der Waals surface area contributed by atoms with Gasteiger partial charge in [0, 0.05) is 4.48 Å². The van der Waals surface area contributed by atoms with Gasteiger partial charge in [-0.2, -0.15) is 0 Å². The van der Waals surface area contributed by atoms with E-state index in [2.05, 4.69) is 42.1 Å². The molecule has 0 spiro atoms. The third-order valence-corrected chi connectivity index (χ3v) is 4.71. The topological polar surface area (TPSA) is 9.23 Å². The third-order valence-electron chi connectivity index (χ3n) is 2.74. The summed E-state index contributed by atoms with van der Waals surface area (Å²) < 4.78 is 7.36. The number of rotatable bonds is 4. The van der Waals surface area contributed by atoms with E-state index in [4.69, 9.17) is 4.43 Å². The van der Waals surface area contributed by atoms with E-state index in [-0.39, 0.29) is 6.10 Å². The molecule has 1 aliphatic carbocycles.